The van der Waals surface area contributed by atoms with Crippen molar-refractivity contribution in [1.82, 2.24) is 0 Å². The van der Waals surface area contributed by atoms with Gasteiger partial charge in [0.15, 0.2) is 0 Å². The highest BCUT2D eigenvalue weighted by molar-refractivity contribution is 5.80. The van der Waals surface area contributed by atoms with E-state index in [1.54, 1.807) is 6.42 Å². The standard InChI is InChI=1S/C31H52O/c1-20(2)24(32)10-9-21(3)23-14-15-29(8)26-12-11-25-27(5,6)22(4)13-16-30(25)19-31(26,30)18-17-28(23,29)7/h20-23,25-26H,9-19H2,1-8H3/t21-,22+,23-,25+,26+,28-,29+,30-,31+/m1/s1. The van der Waals surface area contributed by atoms with Crippen molar-refractivity contribution in [2.75, 3.05) is 0 Å². The van der Waals surface area contributed by atoms with Crippen molar-refractivity contribution in [3.63, 3.8) is 0 Å². The average Bonchev–Trinajstić information content (AvgIpc) is 3.31. The summed E-state index contributed by atoms with van der Waals surface area (Å²) in [5, 5.41) is 0. The van der Waals surface area contributed by atoms with Crippen LogP contribution in [0.5, 0.6) is 0 Å². The van der Waals surface area contributed by atoms with Gasteiger partial charge >= 0.3 is 0 Å². The molecule has 2 spiro atoms. The molecule has 9 atom stereocenters. The highest BCUT2D eigenvalue weighted by Crippen LogP contribution is 2.89. The molecule has 182 valence electrons. The molecule has 5 aliphatic rings. The van der Waals surface area contributed by atoms with Crippen molar-refractivity contribution in [2.45, 2.75) is 126 Å². The third kappa shape index (κ3) is 2.72. The summed E-state index contributed by atoms with van der Waals surface area (Å²) in [6.07, 6.45) is 15.3. The third-order valence-electron chi connectivity index (χ3n) is 13.9. The van der Waals surface area contributed by atoms with Gasteiger partial charge < -0.3 is 0 Å². The summed E-state index contributed by atoms with van der Waals surface area (Å²) in [6, 6.07) is 0. The Kier molecular flexibility index (Phi) is 5.19. The van der Waals surface area contributed by atoms with Gasteiger partial charge in [-0.3, -0.25) is 4.79 Å². The molecule has 0 radical (unpaired) electrons. The fourth-order valence-electron chi connectivity index (χ4n) is 11.4. The van der Waals surface area contributed by atoms with Crippen LogP contribution in [0.4, 0.5) is 0 Å². The summed E-state index contributed by atoms with van der Waals surface area (Å²) in [6.45, 7) is 19.8. The molecule has 0 aromatic carbocycles. The smallest absolute Gasteiger partial charge is 0.135 e. The first-order valence-electron chi connectivity index (χ1n) is 14.4. The molecule has 5 saturated carbocycles. The van der Waals surface area contributed by atoms with Crippen molar-refractivity contribution in [3.05, 3.63) is 0 Å². The molecule has 32 heavy (non-hydrogen) atoms. The highest BCUT2D eigenvalue weighted by atomic mass is 16.1. The van der Waals surface area contributed by atoms with Gasteiger partial charge in [-0.1, -0.05) is 55.4 Å². The van der Waals surface area contributed by atoms with Crippen LogP contribution in [0.3, 0.4) is 0 Å². The van der Waals surface area contributed by atoms with Gasteiger partial charge in [-0.15, -0.1) is 0 Å². The van der Waals surface area contributed by atoms with Gasteiger partial charge in [0, 0.05) is 12.3 Å². The minimum absolute atomic E-state index is 0.199. The molecule has 0 unspecified atom stereocenters. The Balaban J connectivity index is 1.39. The molecule has 0 N–H and O–H groups in total. The van der Waals surface area contributed by atoms with Crippen LogP contribution in [0.15, 0.2) is 0 Å². The second-order valence-electron chi connectivity index (χ2n) is 15.0. The first-order valence-corrected chi connectivity index (χ1v) is 14.4. The Labute approximate surface area is 199 Å². The third-order valence-corrected chi connectivity index (χ3v) is 13.9. The van der Waals surface area contributed by atoms with Crippen LogP contribution < -0.4 is 0 Å². The largest absolute Gasteiger partial charge is 0.299 e. The Morgan fingerprint density at radius 2 is 1.47 bits per heavy atom. The Hall–Kier alpha value is -0.330. The van der Waals surface area contributed by atoms with Crippen LogP contribution in [0, 0.1) is 62.6 Å². The Bertz CT molecular complexity index is 779. The number of Topliss-reactive ketones (excluding diaryl/α,β-unsaturated/α-hetero) is 1. The van der Waals surface area contributed by atoms with E-state index in [2.05, 4.69) is 55.4 Å². The number of fused-ring (bicyclic) bond motifs is 2. The van der Waals surface area contributed by atoms with Gasteiger partial charge in [0.05, 0.1) is 0 Å². The van der Waals surface area contributed by atoms with Gasteiger partial charge in [-0.25, -0.2) is 0 Å². The van der Waals surface area contributed by atoms with Gasteiger partial charge in [0.25, 0.3) is 0 Å². The topological polar surface area (TPSA) is 17.1 Å². The number of carbonyl (C=O) groups is 1. The lowest BCUT2D eigenvalue weighted by molar-refractivity contribution is -0.149. The Morgan fingerprint density at radius 3 is 2.16 bits per heavy atom. The SMILES string of the molecule is CC(C)C(=O)CC[C@@H](C)[C@H]1CC[C@@]2(C)[C@@H]3CC[C@H]4C(C)(C)[C@@H](C)CC[C@@]45C[C@@]35CC[C@]12C. The van der Waals surface area contributed by atoms with Gasteiger partial charge in [0.1, 0.15) is 5.78 Å². The fraction of sp³-hybridized carbons (Fsp3) is 0.968. The molecule has 0 amide bonds. The molecule has 1 heteroatoms. The zero-order valence-corrected chi connectivity index (χ0v) is 22.7. The van der Waals surface area contributed by atoms with E-state index in [0.717, 1.165) is 36.5 Å². The minimum Gasteiger partial charge on any atom is -0.299 e. The van der Waals surface area contributed by atoms with Crippen molar-refractivity contribution in [2.24, 2.45) is 62.6 Å². The van der Waals surface area contributed by atoms with Gasteiger partial charge in [-0.05, 0) is 121 Å². The Morgan fingerprint density at radius 1 is 0.812 bits per heavy atom. The van der Waals surface area contributed by atoms with E-state index in [9.17, 15) is 4.79 Å². The predicted octanol–water partition coefficient (Wildman–Crippen LogP) is 8.70. The molecule has 5 rings (SSSR count). The van der Waals surface area contributed by atoms with E-state index in [1.807, 2.05) is 0 Å². The molecule has 1 nitrogen and oxygen atoms in total. The molecule has 0 bridgehead atoms. The van der Waals surface area contributed by atoms with Crippen molar-refractivity contribution in [1.29, 1.82) is 0 Å². The zero-order chi connectivity index (χ0) is 23.3. The van der Waals surface area contributed by atoms with Crippen LogP contribution in [0.1, 0.15) is 126 Å². The molecule has 5 aliphatic carbocycles. The van der Waals surface area contributed by atoms with E-state index < -0.39 is 0 Å². The number of rotatable bonds is 5. The number of hydrogen-bond donors (Lipinski definition) is 0. The van der Waals surface area contributed by atoms with Gasteiger partial charge in [0.2, 0.25) is 0 Å². The van der Waals surface area contributed by atoms with Crippen LogP contribution in [-0.4, -0.2) is 5.78 Å². The van der Waals surface area contributed by atoms with Crippen LogP contribution in [0.2, 0.25) is 0 Å². The van der Waals surface area contributed by atoms with E-state index in [1.165, 1.54) is 51.4 Å². The van der Waals surface area contributed by atoms with E-state index in [4.69, 9.17) is 0 Å². The van der Waals surface area contributed by atoms with Crippen LogP contribution in [0.25, 0.3) is 0 Å². The molecule has 5 fully saturated rings. The number of ketones is 1. The summed E-state index contributed by atoms with van der Waals surface area (Å²) < 4.78 is 0. The summed E-state index contributed by atoms with van der Waals surface area (Å²) in [4.78, 5) is 12.3. The van der Waals surface area contributed by atoms with Crippen molar-refractivity contribution in [3.8, 4) is 0 Å². The predicted molar refractivity (Wildman–Crippen MR) is 134 cm³/mol. The maximum atomic E-state index is 12.3. The molecular formula is C31H52O. The maximum absolute atomic E-state index is 12.3. The summed E-state index contributed by atoms with van der Waals surface area (Å²) >= 11 is 0. The second-order valence-corrected chi connectivity index (χ2v) is 15.0. The van der Waals surface area contributed by atoms with E-state index >= 15 is 0 Å². The summed E-state index contributed by atoms with van der Waals surface area (Å²) in [7, 11) is 0. The van der Waals surface area contributed by atoms with E-state index in [-0.39, 0.29) is 5.92 Å². The summed E-state index contributed by atoms with van der Waals surface area (Å²) in [5.74, 6) is 5.01. The lowest BCUT2D eigenvalue weighted by atomic mass is 9.41. The lowest BCUT2D eigenvalue weighted by Gasteiger charge is -2.63. The summed E-state index contributed by atoms with van der Waals surface area (Å²) in [5.41, 5.74) is 2.92. The maximum Gasteiger partial charge on any atom is 0.135 e. The quantitative estimate of drug-likeness (QED) is 0.418. The molecule has 0 aromatic heterocycles. The molecule has 0 aliphatic heterocycles. The molecule has 0 saturated heterocycles. The highest BCUT2D eigenvalue weighted by Gasteiger charge is 2.81. The number of hydrogen-bond acceptors (Lipinski definition) is 1. The van der Waals surface area contributed by atoms with E-state index in [0.29, 0.717) is 38.8 Å². The average molecular weight is 441 g/mol. The molecular weight excluding hydrogens is 388 g/mol. The van der Waals surface area contributed by atoms with Crippen LogP contribution >= 0.6 is 0 Å². The number of carbonyl (C=O) groups excluding carboxylic acids is 1. The van der Waals surface area contributed by atoms with Crippen LogP contribution in [-0.2, 0) is 4.79 Å². The lowest BCUT2D eigenvalue weighted by Crippen LogP contribution is -2.56. The fourth-order valence-corrected chi connectivity index (χ4v) is 11.4. The van der Waals surface area contributed by atoms with Crippen molar-refractivity contribution < 1.29 is 4.79 Å². The normalized spacial score (nSPS) is 51.9. The molecule has 0 aromatic rings. The zero-order valence-electron chi connectivity index (χ0n) is 22.7. The monoisotopic (exact) mass is 440 g/mol. The minimum atomic E-state index is 0.199. The first kappa shape index (κ1) is 23.4. The van der Waals surface area contributed by atoms with Gasteiger partial charge in [-0.2, -0.15) is 0 Å². The van der Waals surface area contributed by atoms with Crippen molar-refractivity contribution >= 4 is 5.78 Å². The second kappa shape index (κ2) is 7.10. The molecule has 0 heterocycles. The first-order chi connectivity index (χ1) is 14.9.